The van der Waals surface area contributed by atoms with Gasteiger partial charge in [0.1, 0.15) is 0 Å². The van der Waals surface area contributed by atoms with E-state index in [1.807, 2.05) is 61.6 Å². The lowest BCUT2D eigenvalue weighted by Crippen LogP contribution is -2.06. The fraction of sp³-hybridized carbons (Fsp3) is 0.167. The molecule has 1 aliphatic rings. The first-order valence-electron chi connectivity index (χ1n) is 10.3. The second-order valence-corrected chi connectivity index (χ2v) is 7.75. The Morgan fingerprint density at radius 1 is 1.06 bits per heavy atom. The number of hydrogen-bond acceptors (Lipinski definition) is 6. The minimum Gasteiger partial charge on any atom is -0.398 e. The molecule has 2 heterocycles. The van der Waals surface area contributed by atoms with Gasteiger partial charge in [-0.1, -0.05) is 30.3 Å². The number of aryl methyl sites for hydroxylation is 1. The summed E-state index contributed by atoms with van der Waals surface area (Å²) in [6, 6.07) is 17.8. The number of anilines is 3. The van der Waals surface area contributed by atoms with Crippen LogP contribution in [0.25, 0.3) is 22.6 Å². The molecule has 0 bridgehead atoms. The van der Waals surface area contributed by atoms with Crippen LogP contribution in [0.5, 0.6) is 0 Å². The van der Waals surface area contributed by atoms with Crippen LogP contribution in [0.3, 0.4) is 0 Å². The van der Waals surface area contributed by atoms with Crippen LogP contribution in [0.4, 0.5) is 17.3 Å². The summed E-state index contributed by atoms with van der Waals surface area (Å²) in [6.07, 6.45) is 5.37. The largest absolute Gasteiger partial charge is 0.398 e. The van der Waals surface area contributed by atoms with Crippen molar-refractivity contribution >= 4 is 23.5 Å². The van der Waals surface area contributed by atoms with E-state index in [4.69, 9.17) is 16.1 Å². The topological polar surface area (TPSA) is 106 Å². The third-order valence-corrected chi connectivity index (χ3v) is 5.56. The maximum Gasteiger partial charge on any atom is 0.225 e. The predicted molar refractivity (Wildman–Crippen MR) is 124 cm³/mol. The summed E-state index contributed by atoms with van der Waals surface area (Å²) in [7, 11) is 1.87. The van der Waals surface area contributed by atoms with Crippen LogP contribution in [-0.4, -0.2) is 26.0 Å². The van der Waals surface area contributed by atoms with Gasteiger partial charge in [0, 0.05) is 47.5 Å². The molecule has 4 aromatic rings. The molecule has 0 unspecified atom stereocenters. The first-order chi connectivity index (χ1) is 15.1. The Kier molecular flexibility index (Phi) is 4.71. The number of benzene rings is 2. The number of nitrogens with zero attached hydrogens (tertiary/aromatic N) is 4. The zero-order valence-electron chi connectivity index (χ0n) is 17.2. The van der Waals surface area contributed by atoms with Crippen molar-refractivity contribution in [3.63, 3.8) is 0 Å². The molecule has 0 saturated heterocycles. The highest BCUT2D eigenvalue weighted by molar-refractivity contribution is 5.91. The molecular formula is C24H23N7. The molecule has 2 aromatic carbocycles. The molecule has 1 fully saturated rings. The molecule has 2 aromatic heterocycles. The van der Waals surface area contributed by atoms with Gasteiger partial charge in [0.25, 0.3) is 0 Å². The van der Waals surface area contributed by atoms with Gasteiger partial charge in [-0.15, -0.1) is 5.10 Å². The number of nitrogens with one attached hydrogen (secondary N) is 2. The summed E-state index contributed by atoms with van der Waals surface area (Å²) in [5, 5.41) is 15.8. The van der Waals surface area contributed by atoms with Crippen LogP contribution in [0.2, 0.25) is 0 Å². The number of pyridine rings is 1. The van der Waals surface area contributed by atoms with Crippen LogP contribution < -0.4 is 11.1 Å². The predicted octanol–water partition coefficient (Wildman–Crippen LogP) is 4.74. The van der Waals surface area contributed by atoms with Crippen LogP contribution in [0.15, 0.2) is 60.8 Å². The van der Waals surface area contributed by atoms with E-state index in [-0.39, 0.29) is 0 Å². The monoisotopic (exact) mass is 409 g/mol. The van der Waals surface area contributed by atoms with Crippen molar-refractivity contribution in [3.8, 4) is 22.6 Å². The Morgan fingerprint density at radius 2 is 1.84 bits per heavy atom. The van der Waals surface area contributed by atoms with Gasteiger partial charge in [-0.2, -0.15) is 4.98 Å². The summed E-state index contributed by atoms with van der Waals surface area (Å²) >= 11 is 0. The van der Waals surface area contributed by atoms with Gasteiger partial charge in [-0.05, 0) is 48.6 Å². The summed E-state index contributed by atoms with van der Waals surface area (Å²) < 4.78 is 1.74. The van der Waals surface area contributed by atoms with Crippen molar-refractivity contribution in [2.75, 3.05) is 11.1 Å². The fourth-order valence-corrected chi connectivity index (χ4v) is 3.79. The average molecular weight is 409 g/mol. The van der Waals surface area contributed by atoms with E-state index in [0.717, 1.165) is 46.5 Å². The van der Waals surface area contributed by atoms with Gasteiger partial charge in [-0.3, -0.25) is 4.98 Å². The van der Waals surface area contributed by atoms with E-state index < -0.39 is 0 Å². The van der Waals surface area contributed by atoms with Crippen molar-refractivity contribution in [2.45, 2.75) is 18.8 Å². The highest BCUT2D eigenvalue weighted by Crippen LogP contribution is 2.46. The smallest absolute Gasteiger partial charge is 0.225 e. The zero-order valence-corrected chi connectivity index (χ0v) is 17.2. The first kappa shape index (κ1) is 19.0. The standard InChI is InChI=1S/C24H23N7/c1-31-24(28-21-12-11-19(26)18(14-25)22(21)16-7-8-16)29-23(30-31)17-9-5-15(6-10-17)20-4-2-3-13-27-20/h2-6,9-14,16,25H,7-8,26H2,1H3,(H,28,29,30). The summed E-state index contributed by atoms with van der Waals surface area (Å²) in [4.78, 5) is 9.11. The third-order valence-electron chi connectivity index (χ3n) is 5.56. The summed E-state index contributed by atoms with van der Waals surface area (Å²) in [5.74, 6) is 1.73. The number of nitrogens with two attached hydrogens (primary N) is 1. The number of rotatable bonds is 6. The Morgan fingerprint density at radius 3 is 2.52 bits per heavy atom. The highest BCUT2D eigenvalue weighted by atomic mass is 15.4. The zero-order chi connectivity index (χ0) is 21.4. The Bertz CT molecular complexity index is 1240. The van der Waals surface area contributed by atoms with Crippen LogP contribution in [0, 0.1) is 5.41 Å². The molecular weight excluding hydrogens is 386 g/mol. The molecule has 31 heavy (non-hydrogen) atoms. The average Bonchev–Trinajstić information content (AvgIpc) is 3.58. The second kappa shape index (κ2) is 7.68. The molecule has 154 valence electrons. The van der Waals surface area contributed by atoms with E-state index in [2.05, 4.69) is 15.4 Å². The summed E-state index contributed by atoms with van der Waals surface area (Å²) in [6.45, 7) is 0. The van der Waals surface area contributed by atoms with E-state index in [1.165, 1.54) is 6.21 Å². The van der Waals surface area contributed by atoms with Gasteiger partial charge in [0.15, 0.2) is 5.82 Å². The molecule has 0 aliphatic heterocycles. The number of hydrogen-bond donors (Lipinski definition) is 3. The summed E-state index contributed by atoms with van der Waals surface area (Å²) in [5.41, 5.74) is 12.5. The van der Waals surface area contributed by atoms with Crippen molar-refractivity contribution in [3.05, 3.63) is 71.9 Å². The minimum atomic E-state index is 0.439. The van der Waals surface area contributed by atoms with Crippen LogP contribution in [0.1, 0.15) is 29.9 Å². The Hall–Kier alpha value is -4.00. The maximum atomic E-state index is 7.79. The molecule has 5 rings (SSSR count). The van der Waals surface area contributed by atoms with Gasteiger partial charge in [0.2, 0.25) is 5.95 Å². The molecule has 7 nitrogen and oxygen atoms in total. The van der Waals surface area contributed by atoms with E-state index in [0.29, 0.717) is 23.4 Å². The molecule has 4 N–H and O–H groups in total. The molecule has 0 radical (unpaired) electrons. The van der Waals surface area contributed by atoms with Crippen molar-refractivity contribution < 1.29 is 0 Å². The molecule has 1 saturated carbocycles. The van der Waals surface area contributed by atoms with E-state index >= 15 is 0 Å². The van der Waals surface area contributed by atoms with Gasteiger partial charge >= 0.3 is 0 Å². The van der Waals surface area contributed by atoms with E-state index in [9.17, 15) is 0 Å². The second-order valence-electron chi connectivity index (χ2n) is 7.75. The van der Waals surface area contributed by atoms with Crippen molar-refractivity contribution in [1.29, 1.82) is 5.41 Å². The molecule has 1 aliphatic carbocycles. The van der Waals surface area contributed by atoms with E-state index in [1.54, 1.807) is 10.9 Å². The lowest BCUT2D eigenvalue weighted by atomic mass is 10.00. The van der Waals surface area contributed by atoms with Crippen molar-refractivity contribution in [2.24, 2.45) is 7.05 Å². The molecule has 0 spiro atoms. The number of nitrogen functional groups attached to an aromatic ring is 1. The van der Waals surface area contributed by atoms with Crippen LogP contribution in [-0.2, 0) is 7.05 Å². The molecule has 0 atom stereocenters. The molecule has 7 heteroatoms. The SMILES string of the molecule is Cn1nc(-c2ccc(-c3ccccn3)cc2)nc1Nc1ccc(N)c(C=N)c1C1CC1. The van der Waals surface area contributed by atoms with Gasteiger partial charge in [0.05, 0.1) is 5.69 Å². The van der Waals surface area contributed by atoms with Crippen LogP contribution >= 0.6 is 0 Å². The maximum absolute atomic E-state index is 7.79. The minimum absolute atomic E-state index is 0.439. The number of aromatic nitrogens is 4. The lowest BCUT2D eigenvalue weighted by molar-refractivity contribution is 0.778. The fourth-order valence-electron chi connectivity index (χ4n) is 3.79. The third kappa shape index (κ3) is 3.66. The quantitative estimate of drug-likeness (QED) is 0.315. The van der Waals surface area contributed by atoms with Gasteiger partial charge in [-0.25, -0.2) is 4.68 Å². The Labute approximate surface area is 180 Å². The first-order valence-corrected chi connectivity index (χ1v) is 10.3. The normalized spacial score (nSPS) is 13.2. The van der Waals surface area contributed by atoms with Crippen molar-refractivity contribution in [1.82, 2.24) is 19.7 Å². The lowest BCUT2D eigenvalue weighted by Gasteiger charge is -2.15. The molecule has 0 amide bonds. The van der Waals surface area contributed by atoms with Gasteiger partial charge < -0.3 is 16.5 Å². The Balaban J connectivity index is 1.44. The highest BCUT2D eigenvalue weighted by Gasteiger charge is 2.29.